The van der Waals surface area contributed by atoms with Crippen LogP contribution in [-0.2, 0) is 11.3 Å². The second kappa shape index (κ2) is 12.5. The predicted molar refractivity (Wildman–Crippen MR) is 180 cm³/mol. The van der Waals surface area contributed by atoms with Gasteiger partial charge in [-0.3, -0.25) is 9.69 Å². The molecule has 1 amide bonds. The summed E-state index contributed by atoms with van der Waals surface area (Å²) in [5.41, 5.74) is 2.88. The van der Waals surface area contributed by atoms with Crippen LogP contribution in [0.2, 0.25) is 10.0 Å². The maximum atomic E-state index is 15.7. The van der Waals surface area contributed by atoms with Gasteiger partial charge in [-0.2, -0.15) is 0 Å². The molecule has 2 bridgehead atoms. The van der Waals surface area contributed by atoms with Gasteiger partial charge in [0.2, 0.25) is 0 Å². The van der Waals surface area contributed by atoms with Gasteiger partial charge in [0.05, 0.1) is 58.7 Å². The van der Waals surface area contributed by atoms with E-state index in [1.807, 2.05) is 6.07 Å². The highest BCUT2D eigenvalue weighted by Crippen LogP contribution is 2.43. The molecule has 0 saturated carbocycles. The zero-order chi connectivity index (χ0) is 33.1. The van der Waals surface area contributed by atoms with Crippen LogP contribution >= 0.6 is 23.2 Å². The van der Waals surface area contributed by atoms with Gasteiger partial charge >= 0.3 is 5.97 Å². The highest BCUT2D eigenvalue weighted by Gasteiger charge is 2.40. The van der Waals surface area contributed by atoms with Gasteiger partial charge in [-0.05, 0) is 58.0 Å². The molecule has 248 valence electrons. The summed E-state index contributed by atoms with van der Waals surface area (Å²) in [4.78, 5) is 34.2. The fourth-order valence-corrected chi connectivity index (χ4v) is 8.18. The topological polar surface area (TPSA) is 85.8 Å². The molecule has 12 heteroatoms. The highest BCUT2D eigenvalue weighted by molar-refractivity contribution is 6.40. The van der Waals surface area contributed by atoms with Crippen molar-refractivity contribution in [2.24, 2.45) is 0 Å². The maximum Gasteiger partial charge on any atom is 0.337 e. The molecule has 3 saturated heterocycles. The summed E-state index contributed by atoms with van der Waals surface area (Å²) in [5.74, 6) is -1.77. The van der Waals surface area contributed by atoms with Crippen molar-refractivity contribution in [2.75, 3.05) is 49.9 Å². The number of likely N-dealkylation sites (N-methyl/N-ethyl adjacent to an activating group) is 1. The Kier molecular flexibility index (Phi) is 8.49. The van der Waals surface area contributed by atoms with Gasteiger partial charge in [0.25, 0.3) is 5.91 Å². The monoisotopic (exact) mass is 682 g/mol. The standard InChI is InChI=1S/C35H37Cl2FN4O5/c1-19-14-41(20(2)13-39(19)3)24-9-28(36)32(29(37)10-24)34(43)40-15-21-5-4-6-25(33(21)47-18-40)26-12-31(27(35(44)45)11-30(26)38)42-22-7-8-23(42)17-46-16-22/h4-6,9-12,19-20,22-23H,7-8,13-18H2,1-3H3,(H,44,45)/t19-,20+,22?,23?/m0/s1. The van der Waals surface area contributed by atoms with Crippen LogP contribution in [0.15, 0.2) is 42.5 Å². The quantitative estimate of drug-likeness (QED) is 0.332. The molecule has 2 unspecified atom stereocenters. The molecule has 0 spiro atoms. The van der Waals surface area contributed by atoms with E-state index in [-0.39, 0.29) is 64.0 Å². The van der Waals surface area contributed by atoms with Crippen LogP contribution in [0.3, 0.4) is 0 Å². The van der Waals surface area contributed by atoms with Gasteiger partial charge < -0.3 is 29.3 Å². The first-order chi connectivity index (χ1) is 22.5. The number of hydrogen-bond donors (Lipinski definition) is 1. The fraction of sp³-hybridized carbons (Fsp3) is 0.429. The van der Waals surface area contributed by atoms with Crippen molar-refractivity contribution < 1.29 is 28.6 Å². The largest absolute Gasteiger partial charge is 0.478 e. The first-order valence-electron chi connectivity index (χ1n) is 15.9. The molecule has 4 aliphatic heterocycles. The van der Waals surface area contributed by atoms with E-state index >= 15 is 4.39 Å². The summed E-state index contributed by atoms with van der Waals surface area (Å²) in [5, 5.41) is 10.5. The number of morpholine rings is 1. The van der Waals surface area contributed by atoms with Crippen LogP contribution in [0.5, 0.6) is 5.75 Å². The number of piperazine rings is 1. The molecular weight excluding hydrogens is 646 g/mol. The number of ether oxygens (including phenoxy) is 2. The number of benzene rings is 3. The average Bonchev–Trinajstić information content (AvgIpc) is 3.28. The zero-order valence-corrected chi connectivity index (χ0v) is 28.0. The van der Waals surface area contributed by atoms with Gasteiger partial charge in [0.15, 0.2) is 6.73 Å². The number of halogens is 3. The van der Waals surface area contributed by atoms with Crippen molar-refractivity contribution in [3.63, 3.8) is 0 Å². The van der Waals surface area contributed by atoms with Crippen LogP contribution in [-0.4, -0.2) is 91.0 Å². The second-order valence-electron chi connectivity index (χ2n) is 13.1. The number of carbonyl (C=O) groups is 2. The molecule has 47 heavy (non-hydrogen) atoms. The number of carboxylic acids is 1. The Morgan fingerprint density at radius 3 is 2.34 bits per heavy atom. The fourth-order valence-electron chi connectivity index (χ4n) is 7.54. The second-order valence-corrected chi connectivity index (χ2v) is 13.9. The van der Waals surface area contributed by atoms with Gasteiger partial charge in [-0.1, -0.05) is 41.4 Å². The third kappa shape index (κ3) is 5.69. The first-order valence-corrected chi connectivity index (χ1v) is 16.7. The van der Waals surface area contributed by atoms with E-state index in [4.69, 9.17) is 32.7 Å². The van der Waals surface area contributed by atoms with Crippen LogP contribution in [0, 0.1) is 5.82 Å². The minimum Gasteiger partial charge on any atom is -0.478 e. The van der Waals surface area contributed by atoms with Crippen molar-refractivity contribution in [3.05, 3.63) is 75.0 Å². The number of carbonyl (C=O) groups excluding carboxylic acids is 1. The van der Waals surface area contributed by atoms with E-state index in [2.05, 4.69) is 35.6 Å². The Bertz CT molecular complexity index is 1720. The Hall–Kier alpha value is -3.57. The number of anilines is 2. The smallest absolute Gasteiger partial charge is 0.337 e. The minimum atomic E-state index is -1.19. The summed E-state index contributed by atoms with van der Waals surface area (Å²) in [6, 6.07) is 12.3. The molecule has 0 aromatic heterocycles. The van der Waals surface area contributed by atoms with Crippen molar-refractivity contribution in [1.29, 1.82) is 0 Å². The molecule has 3 aromatic rings. The van der Waals surface area contributed by atoms with Crippen molar-refractivity contribution in [2.45, 2.75) is 57.4 Å². The number of fused-ring (bicyclic) bond motifs is 3. The molecular formula is C35H37Cl2FN4O5. The van der Waals surface area contributed by atoms with Crippen LogP contribution in [0.4, 0.5) is 15.8 Å². The minimum absolute atomic E-state index is 0.0342. The molecule has 7 rings (SSSR count). The van der Waals surface area contributed by atoms with Crippen molar-refractivity contribution in [3.8, 4) is 16.9 Å². The zero-order valence-electron chi connectivity index (χ0n) is 26.5. The van der Waals surface area contributed by atoms with E-state index in [1.165, 1.54) is 4.90 Å². The van der Waals surface area contributed by atoms with Gasteiger partial charge in [0.1, 0.15) is 11.6 Å². The number of aromatic carboxylic acids is 1. The molecule has 3 aromatic carbocycles. The van der Waals surface area contributed by atoms with Crippen LogP contribution < -0.4 is 14.5 Å². The Morgan fingerprint density at radius 2 is 1.66 bits per heavy atom. The molecule has 4 heterocycles. The lowest BCUT2D eigenvalue weighted by atomic mass is 9.96. The van der Waals surface area contributed by atoms with Crippen LogP contribution in [0.25, 0.3) is 11.1 Å². The van der Waals surface area contributed by atoms with E-state index in [1.54, 1.807) is 30.3 Å². The highest BCUT2D eigenvalue weighted by atomic mass is 35.5. The normalized spacial score (nSPS) is 24.3. The van der Waals surface area contributed by atoms with E-state index < -0.39 is 11.8 Å². The Labute approximate surface area is 283 Å². The SMILES string of the molecule is C[C@@H]1CN(C)[C@@H](C)CN1c1cc(Cl)c(C(=O)N2COc3c(cccc3-c3cc(N4C5CCC4COC5)c(C(=O)O)cc3F)C2)c(Cl)c1. The van der Waals surface area contributed by atoms with Crippen molar-refractivity contribution >= 4 is 46.5 Å². The predicted octanol–water partition coefficient (Wildman–Crippen LogP) is 6.39. The third-order valence-corrected chi connectivity index (χ3v) is 10.7. The number of amides is 1. The number of hydrogen-bond acceptors (Lipinski definition) is 7. The summed E-state index contributed by atoms with van der Waals surface area (Å²) in [6.07, 6.45) is 1.77. The van der Waals surface area contributed by atoms with E-state index in [0.717, 1.165) is 37.7 Å². The van der Waals surface area contributed by atoms with Gasteiger partial charge in [0, 0.05) is 47.6 Å². The molecule has 3 fully saturated rings. The van der Waals surface area contributed by atoms with Gasteiger partial charge in [-0.25, -0.2) is 9.18 Å². The lowest BCUT2D eigenvalue weighted by Gasteiger charge is -2.44. The lowest BCUT2D eigenvalue weighted by molar-refractivity contribution is 0.0516. The summed E-state index contributed by atoms with van der Waals surface area (Å²) < 4.78 is 27.6. The number of para-hydroxylation sites is 1. The molecule has 1 N–H and O–H groups in total. The third-order valence-electron chi connectivity index (χ3n) is 10.1. The van der Waals surface area contributed by atoms with Crippen molar-refractivity contribution in [1.82, 2.24) is 9.80 Å². The molecule has 0 radical (unpaired) electrons. The Morgan fingerprint density at radius 1 is 0.957 bits per heavy atom. The molecule has 9 nitrogen and oxygen atoms in total. The number of carboxylic acid groups (broad SMARTS) is 1. The number of rotatable bonds is 5. The maximum absolute atomic E-state index is 15.7. The summed E-state index contributed by atoms with van der Waals surface area (Å²) >= 11 is 13.5. The molecule has 4 aliphatic rings. The van der Waals surface area contributed by atoms with E-state index in [0.29, 0.717) is 41.8 Å². The molecule has 0 aliphatic carbocycles. The average molecular weight is 684 g/mol. The van der Waals surface area contributed by atoms with E-state index in [9.17, 15) is 14.7 Å². The number of nitrogens with zero attached hydrogens (tertiary/aromatic N) is 4. The summed E-state index contributed by atoms with van der Waals surface area (Å²) in [6.45, 7) is 7.13. The lowest BCUT2D eigenvalue weighted by Crippen LogP contribution is -2.55. The Balaban J connectivity index is 1.17. The van der Waals surface area contributed by atoms with Crippen LogP contribution in [0.1, 0.15) is 53.0 Å². The molecule has 4 atom stereocenters. The summed E-state index contributed by atoms with van der Waals surface area (Å²) in [7, 11) is 2.11. The first kappa shape index (κ1) is 32.0. The van der Waals surface area contributed by atoms with Gasteiger partial charge in [-0.15, -0.1) is 0 Å².